The van der Waals surface area contributed by atoms with E-state index in [9.17, 15) is 17.6 Å². The fraction of sp³-hybridized carbons (Fsp3) is 0.448. The lowest BCUT2D eigenvalue weighted by Gasteiger charge is -2.36. The number of pyridine rings is 1. The second-order valence-electron chi connectivity index (χ2n) is 11.5. The summed E-state index contributed by atoms with van der Waals surface area (Å²) in [6.07, 6.45) is -1.61. The van der Waals surface area contributed by atoms with Crippen LogP contribution < -0.4 is 4.90 Å². The molecule has 0 unspecified atom stereocenters. The molecule has 0 bridgehead atoms. The van der Waals surface area contributed by atoms with Gasteiger partial charge in [-0.3, -0.25) is 0 Å². The molecular weight excluding hydrogens is 557 g/mol. The summed E-state index contributed by atoms with van der Waals surface area (Å²) in [4.78, 5) is 20.3. The lowest BCUT2D eigenvalue weighted by atomic mass is 9.99. The van der Waals surface area contributed by atoms with Crippen molar-refractivity contribution in [1.29, 1.82) is 0 Å². The van der Waals surface area contributed by atoms with Gasteiger partial charge >= 0.3 is 6.09 Å². The van der Waals surface area contributed by atoms with Crippen LogP contribution in [0.4, 0.5) is 23.8 Å². The van der Waals surface area contributed by atoms with Gasteiger partial charge in [0, 0.05) is 44.7 Å². The van der Waals surface area contributed by atoms with Gasteiger partial charge in [0.05, 0.1) is 16.0 Å². The van der Waals surface area contributed by atoms with Crippen LogP contribution in [0.25, 0.3) is 22.0 Å². The molecule has 1 amide bonds. The van der Waals surface area contributed by atoms with Crippen LogP contribution in [0.2, 0.25) is 0 Å². The number of hydrogen-bond donors (Lipinski definition) is 0. The van der Waals surface area contributed by atoms with Crippen LogP contribution in [-0.2, 0) is 14.8 Å². The van der Waals surface area contributed by atoms with Crippen molar-refractivity contribution in [2.24, 2.45) is 0 Å². The van der Waals surface area contributed by atoms with Crippen molar-refractivity contribution in [2.45, 2.75) is 50.8 Å². The lowest BCUT2D eigenvalue weighted by Crippen LogP contribution is -2.50. The topological polar surface area (TPSA) is 83.1 Å². The van der Waals surface area contributed by atoms with Crippen molar-refractivity contribution in [1.82, 2.24) is 14.2 Å². The summed E-state index contributed by atoms with van der Waals surface area (Å²) in [5.41, 5.74) is 0.543. The number of nitrogens with zero attached hydrogens (tertiary/aromatic N) is 4. The number of halogens is 3. The number of alkyl halides is 1. The Balaban J connectivity index is 1.41. The maximum absolute atomic E-state index is 15.3. The van der Waals surface area contributed by atoms with Crippen LogP contribution in [-0.4, -0.2) is 79.7 Å². The third-order valence-electron chi connectivity index (χ3n) is 7.29. The first kappa shape index (κ1) is 29.1. The number of amides is 1. The predicted molar refractivity (Wildman–Crippen MR) is 150 cm³/mol. The minimum absolute atomic E-state index is 0.0393. The number of anilines is 1. The molecule has 2 aliphatic rings. The molecule has 5 rings (SSSR count). The Kier molecular flexibility index (Phi) is 7.66. The van der Waals surface area contributed by atoms with Crippen molar-refractivity contribution in [3.05, 3.63) is 53.6 Å². The van der Waals surface area contributed by atoms with Crippen LogP contribution in [0.5, 0.6) is 0 Å². The average molecular weight is 591 g/mol. The van der Waals surface area contributed by atoms with E-state index in [1.165, 1.54) is 0 Å². The third kappa shape index (κ3) is 5.99. The molecule has 3 aromatic rings. The summed E-state index contributed by atoms with van der Waals surface area (Å²) >= 11 is 0. The zero-order valence-corrected chi connectivity index (χ0v) is 24.3. The van der Waals surface area contributed by atoms with Crippen LogP contribution in [0.15, 0.2) is 41.3 Å². The van der Waals surface area contributed by atoms with E-state index in [1.54, 1.807) is 17.0 Å². The maximum atomic E-state index is 15.3. The highest BCUT2D eigenvalue weighted by Gasteiger charge is 2.34. The zero-order chi connectivity index (χ0) is 29.7. The molecule has 0 saturated carbocycles. The quantitative estimate of drug-likeness (QED) is 0.412. The summed E-state index contributed by atoms with van der Waals surface area (Å²) in [5, 5.41) is 0.805. The van der Waals surface area contributed by atoms with Crippen molar-refractivity contribution >= 4 is 32.8 Å². The Bertz CT molecular complexity index is 1580. The molecule has 2 fully saturated rings. The third-order valence-corrected chi connectivity index (χ3v) is 9.13. The van der Waals surface area contributed by atoms with E-state index in [1.807, 2.05) is 44.7 Å². The van der Waals surface area contributed by atoms with E-state index in [4.69, 9.17) is 9.72 Å². The van der Waals surface area contributed by atoms with E-state index < -0.39 is 38.3 Å². The SMILES string of the molecule is Cc1cc(-c2c(F)cc(S(=O)(=O)N3CC[C@H](F)C3)cc2F)cc2nc(N3CCN(C(=O)OC(C)(C)C)CC3)ccc12. The van der Waals surface area contributed by atoms with Gasteiger partial charge in [0.2, 0.25) is 10.0 Å². The summed E-state index contributed by atoms with van der Waals surface area (Å²) in [6.45, 7) is 8.89. The Hall–Kier alpha value is -3.38. The number of carbonyl (C=O) groups is 1. The Morgan fingerprint density at radius 2 is 1.66 bits per heavy atom. The Morgan fingerprint density at radius 3 is 2.24 bits per heavy atom. The molecule has 0 radical (unpaired) electrons. The molecule has 3 heterocycles. The average Bonchev–Trinajstić information content (AvgIpc) is 3.34. The van der Waals surface area contributed by atoms with E-state index in [0.29, 0.717) is 37.5 Å². The van der Waals surface area contributed by atoms with Gasteiger partial charge in [0.1, 0.15) is 29.2 Å². The first-order chi connectivity index (χ1) is 19.2. The summed E-state index contributed by atoms with van der Waals surface area (Å²) in [6, 6.07) is 8.55. The van der Waals surface area contributed by atoms with E-state index in [2.05, 4.69) is 0 Å². The van der Waals surface area contributed by atoms with E-state index in [0.717, 1.165) is 27.4 Å². The molecule has 41 heavy (non-hydrogen) atoms. The highest BCUT2D eigenvalue weighted by Crippen LogP contribution is 2.34. The maximum Gasteiger partial charge on any atom is 0.410 e. The molecule has 0 N–H and O–H groups in total. The molecule has 2 aromatic carbocycles. The van der Waals surface area contributed by atoms with Crippen molar-refractivity contribution < 1.29 is 31.1 Å². The second-order valence-corrected chi connectivity index (χ2v) is 13.4. The van der Waals surface area contributed by atoms with Crippen LogP contribution in [0.1, 0.15) is 32.8 Å². The van der Waals surface area contributed by atoms with Gasteiger partial charge in [-0.15, -0.1) is 0 Å². The molecule has 220 valence electrons. The van der Waals surface area contributed by atoms with Gasteiger partial charge < -0.3 is 14.5 Å². The van der Waals surface area contributed by atoms with Crippen molar-refractivity contribution in [3.63, 3.8) is 0 Å². The molecule has 8 nitrogen and oxygen atoms in total. The number of benzene rings is 2. The van der Waals surface area contributed by atoms with Gasteiger partial charge in [0.25, 0.3) is 0 Å². The monoisotopic (exact) mass is 590 g/mol. The number of aromatic nitrogens is 1. The Morgan fingerprint density at radius 1 is 1.00 bits per heavy atom. The number of aryl methyl sites for hydroxylation is 1. The van der Waals surface area contributed by atoms with Crippen molar-refractivity contribution in [2.75, 3.05) is 44.2 Å². The highest BCUT2D eigenvalue weighted by atomic mass is 32.2. The van der Waals surface area contributed by atoms with Crippen LogP contribution >= 0.6 is 0 Å². The molecule has 0 spiro atoms. The summed E-state index contributed by atoms with van der Waals surface area (Å²) in [5.74, 6) is -1.41. The fourth-order valence-corrected chi connectivity index (χ4v) is 6.71. The second kappa shape index (κ2) is 10.8. The van der Waals surface area contributed by atoms with E-state index in [-0.39, 0.29) is 36.7 Å². The Labute approximate surface area is 237 Å². The number of fused-ring (bicyclic) bond motifs is 1. The van der Waals surface area contributed by atoms with Crippen LogP contribution in [0, 0.1) is 18.6 Å². The standard InChI is InChI=1S/C29H33F3N4O4S/c1-18-13-19(27-23(31)15-21(16-24(27)32)41(38,39)36-8-7-20(30)17-36)14-25-22(18)5-6-26(33-25)34-9-11-35(12-10-34)28(37)40-29(2,3)4/h5-6,13-16,20H,7-12,17H2,1-4H3/t20-/m0/s1. The number of sulfonamides is 1. The summed E-state index contributed by atoms with van der Waals surface area (Å²) < 4.78 is 76.3. The normalized spacial score (nSPS) is 18.8. The fourth-order valence-electron chi connectivity index (χ4n) is 5.20. The first-order valence-electron chi connectivity index (χ1n) is 13.5. The molecule has 2 aliphatic heterocycles. The molecule has 1 atom stereocenters. The number of ether oxygens (including phenoxy) is 1. The molecular formula is C29H33F3N4O4S. The largest absolute Gasteiger partial charge is 0.444 e. The molecule has 0 aliphatic carbocycles. The number of hydrogen-bond acceptors (Lipinski definition) is 6. The zero-order valence-electron chi connectivity index (χ0n) is 23.5. The first-order valence-corrected chi connectivity index (χ1v) is 14.9. The van der Waals surface area contributed by atoms with Gasteiger partial charge in [-0.1, -0.05) is 6.07 Å². The minimum atomic E-state index is -4.23. The highest BCUT2D eigenvalue weighted by molar-refractivity contribution is 7.89. The lowest BCUT2D eigenvalue weighted by molar-refractivity contribution is 0.0240. The van der Waals surface area contributed by atoms with Gasteiger partial charge in [0.15, 0.2) is 0 Å². The molecule has 12 heteroatoms. The number of piperazine rings is 1. The number of rotatable bonds is 4. The van der Waals surface area contributed by atoms with Crippen molar-refractivity contribution in [3.8, 4) is 11.1 Å². The molecule has 2 saturated heterocycles. The minimum Gasteiger partial charge on any atom is -0.444 e. The summed E-state index contributed by atoms with van der Waals surface area (Å²) in [7, 11) is -4.23. The number of carbonyl (C=O) groups excluding carboxylic acids is 1. The van der Waals surface area contributed by atoms with Gasteiger partial charge in [-0.05, 0) is 75.6 Å². The predicted octanol–water partition coefficient (Wildman–Crippen LogP) is 5.28. The van der Waals surface area contributed by atoms with Gasteiger partial charge in [-0.25, -0.2) is 31.4 Å². The smallest absolute Gasteiger partial charge is 0.410 e. The molecule has 1 aromatic heterocycles. The van der Waals surface area contributed by atoms with E-state index >= 15 is 8.78 Å². The van der Waals surface area contributed by atoms with Crippen LogP contribution in [0.3, 0.4) is 0 Å². The van der Waals surface area contributed by atoms with Gasteiger partial charge in [-0.2, -0.15) is 4.31 Å².